The highest BCUT2D eigenvalue weighted by atomic mass is 79.9. The van der Waals surface area contributed by atoms with Gasteiger partial charge in [0.25, 0.3) is 0 Å². The number of halogens is 1. The molecule has 19 heavy (non-hydrogen) atoms. The van der Waals surface area contributed by atoms with Crippen LogP contribution in [0.25, 0.3) is 0 Å². The highest BCUT2D eigenvalue weighted by Crippen LogP contribution is 2.48. The molecule has 0 radical (unpaired) electrons. The number of hydrogen-bond acceptors (Lipinski definition) is 1. The third-order valence-corrected chi connectivity index (χ3v) is 6.03. The summed E-state index contributed by atoms with van der Waals surface area (Å²) < 4.78 is 0. The average Bonchev–Trinajstić information content (AvgIpc) is 2.55. The normalized spacial score (nSPS) is 23.1. The zero-order valence-electron chi connectivity index (χ0n) is 11.6. The second kappa shape index (κ2) is 4.34. The molecular weight excluding hydrogens is 302 g/mol. The van der Waals surface area contributed by atoms with Crippen LogP contribution in [-0.4, -0.2) is 17.8 Å². The van der Waals surface area contributed by atoms with E-state index in [1.807, 2.05) is 30.9 Å². The van der Waals surface area contributed by atoms with Crippen LogP contribution in [0.1, 0.15) is 38.7 Å². The number of hydrogen-bond donors (Lipinski definition) is 0. The van der Waals surface area contributed by atoms with Crippen molar-refractivity contribution < 1.29 is 4.79 Å². The highest BCUT2D eigenvalue weighted by Gasteiger charge is 2.47. The second-order valence-electron chi connectivity index (χ2n) is 6.52. The molecule has 0 atom stereocenters. The Morgan fingerprint density at radius 3 is 2.53 bits per heavy atom. The molecule has 1 aliphatic heterocycles. The van der Waals surface area contributed by atoms with Gasteiger partial charge in [-0.25, -0.2) is 0 Å². The molecule has 1 aromatic rings. The molecule has 0 N–H and O–H groups in total. The molecule has 2 aliphatic rings. The lowest BCUT2D eigenvalue weighted by Crippen LogP contribution is -2.47. The molecule has 0 aromatic heterocycles. The van der Waals surface area contributed by atoms with E-state index < -0.39 is 0 Å². The minimum absolute atomic E-state index is 0.251. The van der Waals surface area contributed by atoms with Gasteiger partial charge < -0.3 is 4.90 Å². The van der Waals surface area contributed by atoms with Crippen LogP contribution >= 0.6 is 15.9 Å². The molecule has 0 unspecified atom stereocenters. The number of anilines is 1. The van der Waals surface area contributed by atoms with Crippen molar-refractivity contribution >= 4 is 27.5 Å². The Balaban J connectivity index is 1.97. The third kappa shape index (κ3) is 1.85. The molecule has 1 heterocycles. The fourth-order valence-corrected chi connectivity index (χ4v) is 4.04. The first-order valence-corrected chi connectivity index (χ1v) is 8.10. The molecule has 1 aliphatic carbocycles. The van der Waals surface area contributed by atoms with Crippen molar-refractivity contribution in [3.05, 3.63) is 29.8 Å². The van der Waals surface area contributed by atoms with Crippen LogP contribution in [0.2, 0.25) is 0 Å². The lowest BCUT2D eigenvalue weighted by Gasteiger charge is -2.43. The number of fused-ring (bicyclic) bond motifs is 1. The van der Waals surface area contributed by atoms with Gasteiger partial charge in [-0.05, 0) is 43.7 Å². The first-order valence-electron chi connectivity index (χ1n) is 6.98. The maximum Gasteiger partial charge on any atom is 0.237 e. The van der Waals surface area contributed by atoms with E-state index in [-0.39, 0.29) is 11.3 Å². The number of carbonyl (C=O) groups excluding carboxylic acids is 1. The number of alkyl halides is 1. The summed E-state index contributed by atoms with van der Waals surface area (Å²) >= 11 is 3.64. The summed E-state index contributed by atoms with van der Waals surface area (Å²) in [6.07, 6.45) is 3.74. The van der Waals surface area contributed by atoms with Gasteiger partial charge in [-0.2, -0.15) is 0 Å². The third-order valence-electron chi connectivity index (χ3n) is 4.84. The lowest BCUT2D eigenvalue weighted by atomic mass is 9.70. The van der Waals surface area contributed by atoms with Gasteiger partial charge in [0.15, 0.2) is 0 Å². The molecule has 0 spiro atoms. The summed E-state index contributed by atoms with van der Waals surface area (Å²) in [5, 5.41) is 0.992. The van der Waals surface area contributed by atoms with E-state index in [9.17, 15) is 4.79 Å². The first-order chi connectivity index (χ1) is 9.00. The number of nitrogens with zero attached hydrogens (tertiary/aromatic N) is 1. The molecule has 0 saturated heterocycles. The van der Waals surface area contributed by atoms with E-state index in [1.54, 1.807) is 0 Å². The molecule has 3 rings (SSSR count). The average molecular weight is 322 g/mol. The molecule has 2 nitrogen and oxygen atoms in total. The van der Waals surface area contributed by atoms with Crippen LogP contribution in [0.15, 0.2) is 24.3 Å². The zero-order valence-corrected chi connectivity index (χ0v) is 13.2. The minimum Gasteiger partial charge on any atom is -0.311 e. The van der Waals surface area contributed by atoms with Crippen LogP contribution in [0.4, 0.5) is 5.69 Å². The molecule has 1 saturated carbocycles. The number of carbonyl (C=O) groups is 1. The summed E-state index contributed by atoms with van der Waals surface area (Å²) in [6.45, 7) is 4.93. The molecule has 0 bridgehead atoms. The Bertz CT molecular complexity index is 514. The molecule has 1 amide bonds. The monoisotopic (exact) mass is 321 g/mol. The Morgan fingerprint density at radius 1 is 1.26 bits per heavy atom. The maximum absolute atomic E-state index is 12.7. The first kappa shape index (κ1) is 13.2. The number of para-hydroxylation sites is 1. The summed E-state index contributed by atoms with van der Waals surface area (Å²) in [5.41, 5.74) is 2.20. The van der Waals surface area contributed by atoms with Gasteiger partial charge in [-0.1, -0.05) is 40.5 Å². The Labute approximate surface area is 123 Å². The smallest absolute Gasteiger partial charge is 0.237 e. The fourth-order valence-electron chi connectivity index (χ4n) is 3.30. The van der Waals surface area contributed by atoms with Gasteiger partial charge in [0, 0.05) is 17.6 Å². The summed E-state index contributed by atoms with van der Waals surface area (Å²) in [6, 6.07) is 8.24. The van der Waals surface area contributed by atoms with Gasteiger partial charge in [0.1, 0.15) is 0 Å². The van der Waals surface area contributed by atoms with Crippen molar-refractivity contribution in [1.29, 1.82) is 0 Å². The van der Waals surface area contributed by atoms with E-state index in [0.29, 0.717) is 5.41 Å². The predicted molar refractivity (Wildman–Crippen MR) is 81.9 cm³/mol. The Hall–Kier alpha value is -0.830. The van der Waals surface area contributed by atoms with Crippen LogP contribution in [0.5, 0.6) is 0 Å². The van der Waals surface area contributed by atoms with E-state index in [4.69, 9.17) is 0 Å². The molecule has 102 valence electrons. The largest absolute Gasteiger partial charge is 0.311 e. The second-order valence-corrected chi connectivity index (χ2v) is 7.08. The zero-order chi connectivity index (χ0) is 13.7. The van der Waals surface area contributed by atoms with Crippen molar-refractivity contribution in [3.8, 4) is 0 Å². The van der Waals surface area contributed by atoms with Crippen LogP contribution < -0.4 is 4.90 Å². The molecular formula is C16H20BrNO. The predicted octanol–water partition coefficient (Wildman–Crippen LogP) is 3.88. The van der Waals surface area contributed by atoms with Gasteiger partial charge >= 0.3 is 0 Å². The number of rotatable bonds is 3. The molecule has 3 heteroatoms. The maximum atomic E-state index is 12.7. The van der Waals surface area contributed by atoms with Gasteiger partial charge in [0.2, 0.25) is 5.91 Å². The van der Waals surface area contributed by atoms with Crippen molar-refractivity contribution in [2.75, 3.05) is 16.8 Å². The SMILES string of the molecule is CC1(C)C(=O)N(CC2(CBr)CCC2)c2ccccc21. The van der Waals surface area contributed by atoms with Gasteiger partial charge in [0.05, 0.1) is 5.41 Å². The fraction of sp³-hybridized carbons (Fsp3) is 0.562. The summed E-state index contributed by atoms with van der Waals surface area (Å²) in [5.74, 6) is 0.251. The number of benzene rings is 1. The summed E-state index contributed by atoms with van der Waals surface area (Å²) in [4.78, 5) is 14.8. The van der Waals surface area contributed by atoms with Crippen molar-refractivity contribution in [3.63, 3.8) is 0 Å². The van der Waals surface area contributed by atoms with Gasteiger partial charge in [-0.15, -0.1) is 0 Å². The van der Waals surface area contributed by atoms with Crippen LogP contribution in [-0.2, 0) is 10.2 Å². The van der Waals surface area contributed by atoms with Crippen molar-refractivity contribution in [2.24, 2.45) is 5.41 Å². The highest BCUT2D eigenvalue weighted by molar-refractivity contribution is 9.09. The van der Waals surface area contributed by atoms with E-state index >= 15 is 0 Å². The lowest BCUT2D eigenvalue weighted by molar-refractivity contribution is -0.122. The van der Waals surface area contributed by atoms with Crippen molar-refractivity contribution in [1.82, 2.24) is 0 Å². The Kier molecular flexibility index (Phi) is 3.01. The molecule has 1 fully saturated rings. The Morgan fingerprint density at radius 2 is 1.95 bits per heavy atom. The topological polar surface area (TPSA) is 20.3 Å². The summed E-state index contributed by atoms with van der Waals surface area (Å²) in [7, 11) is 0. The van der Waals surface area contributed by atoms with Crippen LogP contribution in [0.3, 0.4) is 0 Å². The standard InChI is InChI=1S/C16H20BrNO/c1-15(2)12-6-3-4-7-13(12)18(14(15)19)11-16(10-17)8-5-9-16/h3-4,6-7H,5,8-11H2,1-2H3. The quantitative estimate of drug-likeness (QED) is 0.774. The van der Waals surface area contributed by atoms with Crippen LogP contribution in [0, 0.1) is 5.41 Å². The van der Waals surface area contributed by atoms with E-state index in [1.165, 1.54) is 24.8 Å². The van der Waals surface area contributed by atoms with E-state index in [2.05, 4.69) is 28.1 Å². The van der Waals surface area contributed by atoms with E-state index in [0.717, 1.165) is 17.6 Å². The minimum atomic E-state index is -0.381. The van der Waals surface area contributed by atoms with Crippen molar-refractivity contribution in [2.45, 2.75) is 38.5 Å². The van der Waals surface area contributed by atoms with Gasteiger partial charge in [-0.3, -0.25) is 4.79 Å². The molecule has 1 aromatic carbocycles. The number of amides is 1.